The van der Waals surface area contributed by atoms with E-state index in [9.17, 15) is 9.59 Å². The average Bonchev–Trinajstić information content (AvgIpc) is 3.02. The molecule has 0 radical (unpaired) electrons. The summed E-state index contributed by atoms with van der Waals surface area (Å²) in [6.45, 7) is 10.7. The van der Waals surface area contributed by atoms with E-state index >= 15 is 0 Å². The van der Waals surface area contributed by atoms with Gasteiger partial charge in [-0.25, -0.2) is 4.79 Å². The largest absolute Gasteiger partial charge is 0.468 e. The zero-order chi connectivity index (χ0) is 22.1. The first kappa shape index (κ1) is 22.2. The molecule has 1 amide bonds. The van der Waals surface area contributed by atoms with Crippen molar-refractivity contribution in [3.05, 3.63) is 35.5 Å². The minimum atomic E-state index is -0.565. The number of fused-ring (bicyclic) bond motifs is 3. The topological polar surface area (TPSA) is 83.7 Å². The first-order chi connectivity index (χ1) is 14.1. The number of hydrogen-bond donors (Lipinski definition) is 2. The van der Waals surface area contributed by atoms with E-state index in [0.29, 0.717) is 19.5 Å². The molecule has 3 rings (SSSR count). The molecule has 0 bridgehead atoms. The Morgan fingerprint density at radius 3 is 2.60 bits per heavy atom. The molecule has 1 aromatic heterocycles. The molecule has 164 valence electrons. The molecule has 1 aliphatic rings. The number of aromatic nitrogens is 1. The second-order valence-electron chi connectivity index (χ2n) is 9.30. The van der Waals surface area contributed by atoms with Crippen LogP contribution in [0.5, 0.6) is 0 Å². The van der Waals surface area contributed by atoms with Crippen molar-refractivity contribution in [3.8, 4) is 0 Å². The first-order valence-corrected chi connectivity index (χ1v) is 10.5. The van der Waals surface area contributed by atoms with Crippen molar-refractivity contribution in [2.75, 3.05) is 13.7 Å². The van der Waals surface area contributed by atoms with Gasteiger partial charge in [0.15, 0.2) is 0 Å². The Balaban J connectivity index is 1.84. The normalized spacial score (nSPS) is 18.2. The fraction of sp³-hybridized carbons (Fsp3) is 0.565. The van der Waals surface area contributed by atoms with Crippen LogP contribution in [-0.2, 0) is 27.2 Å². The Kier molecular flexibility index (Phi) is 6.41. The summed E-state index contributed by atoms with van der Waals surface area (Å²) in [4.78, 5) is 30.6. The Hall–Kier alpha value is -2.54. The SMILES string of the molecule is COC(=O)[C@@H]1Cc2c([nH]c3ccccc23)CN1CC(NC(=O)OC(C)(C)C)C(C)C. The number of nitrogens with zero attached hydrogens (tertiary/aromatic N) is 1. The summed E-state index contributed by atoms with van der Waals surface area (Å²) < 4.78 is 10.5. The summed E-state index contributed by atoms with van der Waals surface area (Å²) in [5.41, 5.74) is 2.78. The highest BCUT2D eigenvalue weighted by atomic mass is 16.6. The van der Waals surface area contributed by atoms with Crippen molar-refractivity contribution in [1.29, 1.82) is 0 Å². The number of hydrogen-bond acceptors (Lipinski definition) is 5. The van der Waals surface area contributed by atoms with Crippen LogP contribution in [0.1, 0.15) is 45.9 Å². The predicted octanol–water partition coefficient (Wildman–Crippen LogP) is 3.62. The van der Waals surface area contributed by atoms with E-state index in [0.717, 1.165) is 16.6 Å². The second-order valence-corrected chi connectivity index (χ2v) is 9.30. The smallest absolute Gasteiger partial charge is 0.407 e. The van der Waals surface area contributed by atoms with Crippen molar-refractivity contribution in [2.24, 2.45) is 5.92 Å². The van der Waals surface area contributed by atoms with Gasteiger partial charge in [0.2, 0.25) is 0 Å². The Labute approximate surface area is 178 Å². The number of aromatic amines is 1. The molecule has 0 aliphatic carbocycles. The molecular weight excluding hydrogens is 382 g/mol. The van der Waals surface area contributed by atoms with Crippen LogP contribution in [0, 0.1) is 5.92 Å². The third kappa shape index (κ3) is 4.95. The third-order valence-corrected chi connectivity index (χ3v) is 5.51. The van der Waals surface area contributed by atoms with Gasteiger partial charge in [-0.1, -0.05) is 32.0 Å². The Bertz CT molecular complexity index is 913. The number of amides is 1. The number of alkyl carbamates (subject to hydrolysis) is 1. The highest BCUT2D eigenvalue weighted by Gasteiger charge is 2.36. The van der Waals surface area contributed by atoms with E-state index in [-0.39, 0.29) is 17.9 Å². The van der Waals surface area contributed by atoms with E-state index in [2.05, 4.69) is 21.3 Å². The molecule has 30 heavy (non-hydrogen) atoms. The zero-order valence-corrected chi connectivity index (χ0v) is 18.7. The van der Waals surface area contributed by atoms with Crippen LogP contribution in [-0.4, -0.2) is 53.3 Å². The molecule has 1 aliphatic heterocycles. The minimum Gasteiger partial charge on any atom is -0.468 e. The van der Waals surface area contributed by atoms with Crippen LogP contribution < -0.4 is 5.32 Å². The fourth-order valence-electron chi connectivity index (χ4n) is 3.95. The van der Waals surface area contributed by atoms with E-state index in [1.54, 1.807) is 0 Å². The van der Waals surface area contributed by atoms with Gasteiger partial charge < -0.3 is 19.8 Å². The van der Waals surface area contributed by atoms with Gasteiger partial charge in [-0.05, 0) is 38.3 Å². The minimum absolute atomic E-state index is 0.167. The number of methoxy groups -OCH3 is 1. The summed E-state index contributed by atoms with van der Waals surface area (Å²) in [5, 5.41) is 4.13. The first-order valence-electron chi connectivity index (χ1n) is 10.5. The van der Waals surface area contributed by atoms with Gasteiger partial charge in [0, 0.05) is 42.1 Å². The molecule has 2 atom stereocenters. The zero-order valence-electron chi connectivity index (χ0n) is 18.7. The fourth-order valence-corrected chi connectivity index (χ4v) is 3.95. The van der Waals surface area contributed by atoms with E-state index < -0.39 is 17.7 Å². The monoisotopic (exact) mass is 415 g/mol. The van der Waals surface area contributed by atoms with Crippen molar-refractivity contribution >= 4 is 23.0 Å². The number of carbonyl (C=O) groups excluding carboxylic acids is 2. The van der Waals surface area contributed by atoms with Gasteiger partial charge in [-0.15, -0.1) is 0 Å². The second kappa shape index (κ2) is 8.68. The van der Waals surface area contributed by atoms with Gasteiger partial charge in [0.1, 0.15) is 11.6 Å². The van der Waals surface area contributed by atoms with Crippen molar-refractivity contribution in [1.82, 2.24) is 15.2 Å². The van der Waals surface area contributed by atoms with Crippen LogP contribution in [0.3, 0.4) is 0 Å². The van der Waals surface area contributed by atoms with Crippen LogP contribution >= 0.6 is 0 Å². The average molecular weight is 416 g/mol. The third-order valence-electron chi connectivity index (χ3n) is 5.51. The number of esters is 1. The Morgan fingerprint density at radius 1 is 1.27 bits per heavy atom. The van der Waals surface area contributed by atoms with Crippen LogP contribution in [0.2, 0.25) is 0 Å². The molecule has 0 saturated carbocycles. The lowest BCUT2D eigenvalue weighted by Gasteiger charge is -2.37. The molecule has 2 heterocycles. The van der Waals surface area contributed by atoms with Crippen LogP contribution in [0.25, 0.3) is 10.9 Å². The molecule has 7 nitrogen and oxygen atoms in total. The van der Waals surface area contributed by atoms with Crippen molar-refractivity contribution < 1.29 is 19.1 Å². The maximum Gasteiger partial charge on any atom is 0.407 e. The summed E-state index contributed by atoms with van der Waals surface area (Å²) in [5.74, 6) is -0.0920. The number of carbonyl (C=O) groups is 2. The molecule has 1 aromatic carbocycles. The van der Waals surface area contributed by atoms with Gasteiger partial charge in [-0.3, -0.25) is 9.69 Å². The summed E-state index contributed by atoms with van der Waals surface area (Å²) in [6, 6.07) is 7.57. The van der Waals surface area contributed by atoms with Gasteiger partial charge in [0.25, 0.3) is 0 Å². The van der Waals surface area contributed by atoms with Crippen molar-refractivity contribution in [2.45, 2.75) is 65.3 Å². The number of H-pyrrole nitrogens is 1. The van der Waals surface area contributed by atoms with E-state index in [1.165, 1.54) is 12.7 Å². The van der Waals surface area contributed by atoms with Crippen molar-refractivity contribution in [3.63, 3.8) is 0 Å². The van der Waals surface area contributed by atoms with Crippen LogP contribution in [0.4, 0.5) is 4.79 Å². The summed E-state index contributed by atoms with van der Waals surface area (Å²) >= 11 is 0. The number of ether oxygens (including phenoxy) is 2. The number of rotatable bonds is 5. The lowest BCUT2D eigenvalue weighted by atomic mass is 9.94. The van der Waals surface area contributed by atoms with E-state index in [1.807, 2.05) is 52.8 Å². The number of para-hydroxylation sites is 1. The summed E-state index contributed by atoms with van der Waals surface area (Å²) in [6.07, 6.45) is 0.127. The van der Waals surface area contributed by atoms with Gasteiger partial charge in [0.05, 0.1) is 7.11 Å². The lowest BCUT2D eigenvalue weighted by Crippen LogP contribution is -2.54. The highest BCUT2D eigenvalue weighted by Crippen LogP contribution is 2.31. The van der Waals surface area contributed by atoms with Crippen LogP contribution in [0.15, 0.2) is 24.3 Å². The molecule has 0 fully saturated rings. The molecular formula is C23H33N3O4. The molecule has 1 unspecified atom stereocenters. The summed E-state index contributed by atoms with van der Waals surface area (Å²) in [7, 11) is 1.42. The maximum atomic E-state index is 12.6. The molecule has 2 N–H and O–H groups in total. The van der Waals surface area contributed by atoms with E-state index in [4.69, 9.17) is 9.47 Å². The number of benzene rings is 1. The molecule has 0 saturated heterocycles. The van der Waals surface area contributed by atoms with Gasteiger partial charge in [-0.2, -0.15) is 0 Å². The molecule has 0 spiro atoms. The maximum absolute atomic E-state index is 12.6. The number of nitrogens with one attached hydrogen (secondary N) is 2. The molecule has 2 aromatic rings. The molecule has 7 heteroatoms. The quantitative estimate of drug-likeness (QED) is 0.729. The lowest BCUT2D eigenvalue weighted by molar-refractivity contribution is -0.147. The van der Waals surface area contributed by atoms with Gasteiger partial charge >= 0.3 is 12.1 Å². The highest BCUT2D eigenvalue weighted by molar-refractivity contribution is 5.86. The standard InChI is InChI=1S/C23H33N3O4/c1-14(2)18(25-22(28)30-23(3,4)5)12-26-13-19-16(11-20(26)21(27)29-6)15-9-7-8-10-17(15)24-19/h7-10,14,18,20,24H,11-13H2,1-6H3,(H,25,28)/t18?,20-/m0/s1. The predicted molar refractivity (Wildman–Crippen MR) is 116 cm³/mol. The Morgan fingerprint density at radius 2 is 1.97 bits per heavy atom.